The third-order valence-corrected chi connectivity index (χ3v) is 8.99. The number of hydrogen-bond acceptors (Lipinski definition) is 5. The molecule has 0 radical (unpaired) electrons. The Morgan fingerprint density at radius 1 is 1.14 bits per heavy atom. The second-order valence-corrected chi connectivity index (χ2v) is 12.7. The summed E-state index contributed by atoms with van der Waals surface area (Å²) in [7, 11) is 0. The van der Waals surface area contributed by atoms with Crippen LogP contribution in [0.5, 0.6) is 0 Å². The first-order chi connectivity index (χ1) is 16.6. The summed E-state index contributed by atoms with van der Waals surface area (Å²) >= 11 is 1.61. The summed E-state index contributed by atoms with van der Waals surface area (Å²) in [6.07, 6.45) is 6.61. The average Bonchev–Trinajstić information content (AvgIpc) is 3.20. The molecule has 6 heteroatoms. The fraction of sp³-hybridized carbons (Fsp3) is 0.700. The van der Waals surface area contributed by atoms with E-state index >= 15 is 0 Å². The lowest BCUT2D eigenvalue weighted by Gasteiger charge is -2.35. The molecule has 1 rings (SSSR count). The van der Waals surface area contributed by atoms with Crippen molar-refractivity contribution in [1.29, 1.82) is 0 Å². The van der Waals surface area contributed by atoms with Crippen LogP contribution < -0.4 is 0 Å². The van der Waals surface area contributed by atoms with Crippen molar-refractivity contribution in [1.82, 2.24) is 4.98 Å². The molecular weight excluding hydrogens is 470 g/mol. The molecule has 0 aliphatic rings. The first-order valence-electron chi connectivity index (χ1n) is 13.3. The summed E-state index contributed by atoms with van der Waals surface area (Å²) in [5.74, 6) is -0.395. The van der Waals surface area contributed by atoms with Crippen molar-refractivity contribution in [2.75, 3.05) is 0 Å². The van der Waals surface area contributed by atoms with Gasteiger partial charge in [0.25, 0.3) is 0 Å². The monoisotopic (exact) mass is 519 g/mol. The summed E-state index contributed by atoms with van der Waals surface area (Å²) in [5.41, 5.74) is 2.43. The van der Waals surface area contributed by atoms with Crippen molar-refractivity contribution in [3.05, 3.63) is 33.3 Å². The maximum atomic E-state index is 13.2. The Morgan fingerprint density at radius 2 is 1.75 bits per heavy atom. The first kappa shape index (κ1) is 32.2. The van der Waals surface area contributed by atoms with Gasteiger partial charge < -0.3 is 10.2 Å². The summed E-state index contributed by atoms with van der Waals surface area (Å²) in [6.45, 7) is 20.1. The quantitative estimate of drug-likeness (QED) is 0.233. The molecule has 36 heavy (non-hydrogen) atoms. The molecule has 204 valence electrons. The fourth-order valence-electron chi connectivity index (χ4n) is 4.85. The lowest BCUT2D eigenvalue weighted by Crippen LogP contribution is -2.39. The van der Waals surface area contributed by atoms with Gasteiger partial charge in [0.05, 0.1) is 16.8 Å². The molecular formula is C30H49NO4S. The smallest absolute Gasteiger partial charge is 0.303 e. The summed E-state index contributed by atoms with van der Waals surface area (Å²) < 4.78 is 0. The van der Waals surface area contributed by atoms with E-state index in [1.54, 1.807) is 11.3 Å². The summed E-state index contributed by atoms with van der Waals surface area (Å²) in [5, 5.41) is 22.9. The molecule has 2 N–H and O–H groups in total. The number of hydrogen-bond donors (Lipinski definition) is 2. The number of rotatable bonds is 15. The van der Waals surface area contributed by atoms with E-state index in [1.807, 2.05) is 59.9 Å². The van der Waals surface area contributed by atoms with Crippen molar-refractivity contribution in [3.63, 3.8) is 0 Å². The van der Waals surface area contributed by atoms with Crippen LogP contribution in [0.4, 0.5) is 0 Å². The molecule has 5 nitrogen and oxygen atoms in total. The third kappa shape index (κ3) is 9.59. The number of carbonyl (C=O) groups excluding carboxylic acids is 1. The number of aryl methyl sites for hydroxylation is 1. The molecule has 6 atom stereocenters. The molecule has 0 spiro atoms. The van der Waals surface area contributed by atoms with Gasteiger partial charge in [-0.05, 0) is 63.0 Å². The van der Waals surface area contributed by atoms with Gasteiger partial charge in [0, 0.05) is 29.1 Å². The number of aromatic nitrogens is 1. The van der Waals surface area contributed by atoms with E-state index in [2.05, 4.69) is 31.8 Å². The van der Waals surface area contributed by atoms with E-state index in [1.165, 1.54) is 5.57 Å². The highest BCUT2D eigenvalue weighted by Gasteiger charge is 2.39. The van der Waals surface area contributed by atoms with Gasteiger partial charge in [-0.3, -0.25) is 9.59 Å². The number of thiazole rings is 1. The van der Waals surface area contributed by atoms with Gasteiger partial charge in [-0.2, -0.15) is 0 Å². The second kappa shape index (κ2) is 14.2. The Bertz CT molecular complexity index is 929. The number of aliphatic hydroxyl groups excluding tert-OH is 1. The fourth-order valence-corrected chi connectivity index (χ4v) is 5.42. The summed E-state index contributed by atoms with van der Waals surface area (Å²) in [6, 6.07) is 0. The van der Waals surface area contributed by atoms with Gasteiger partial charge in [0.15, 0.2) is 0 Å². The van der Waals surface area contributed by atoms with Gasteiger partial charge in [0.1, 0.15) is 5.78 Å². The van der Waals surface area contributed by atoms with E-state index in [0.717, 1.165) is 35.5 Å². The van der Waals surface area contributed by atoms with Crippen LogP contribution in [0, 0.1) is 41.9 Å². The van der Waals surface area contributed by atoms with Gasteiger partial charge in [0.2, 0.25) is 0 Å². The van der Waals surface area contributed by atoms with E-state index in [4.69, 9.17) is 5.11 Å². The van der Waals surface area contributed by atoms with Crippen molar-refractivity contribution in [2.45, 2.75) is 101 Å². The number of allylic oxidation sites excluding steroid dienone is 1. The number of Topliss-reactive ketones (excluding diaryl/α,β-unsaturated/α-hetero) is 1. The highest BCUT2D eigenvalue weighted by Crippen LogP contribution is 2.37. The number of aliphatic carboxylic acids is 1. The van der Waals surface area contributed by atoms with Crippen LogP contribution >= 0.6 is 11.3 Å². The van der Waals surface area contributed by atoms with Gasteiger partial charge >= 0.3 is 5.97 Å². The van der Waals surface area contributed by atoms with Crippen LogP contribution in [0.2, 0.25) is 0 Å². The molecule has 0 bridgehead atoms. The van der Waals surface area contributed by atoms with Crippen molar-refractivity contribution >= 4 is 29.2 Å². The maximum absolute atomic E-state index is 13.2. The third-order valence-electron chi connectivity index (χ3n) is 8.20. The molecule has 0 saturated heterocycles. The van der Waals surface area contributed by atoms with Crippen LogP contribution in [-0.4, -0.2) is 33.1 Å². The molecule has 1 aromatic heterocycles. The zero-order valence-electron chi connectivity index (χ0n) is 24.1. The molecule has 0 aromatic carbocycles. The Kier molecular flexibility index (Phi) is 12.7. The van der Waals surface area contributed by atoms with E-state index in [0.29, 0.717) is 5.92 Å². The Labute approximate surface area is 223 Å². The minimum atomic E-state index is -0.858. The van der Waals surface area contributed by atoms with Gasteiger partial charge in [-0.25, -0.2) is 4.98 Å². The highest BCUT2D eigenvalue weighted by molar-refractivity contribution is 7.09. The van der Waals surface area contributed by atoms with Gasteiger partial charge in [-0.1, -0.05) is 66.5 Å². The van der Waals surface area contributed by atoms with Crippen LogP contribution in [0.25, 0.3) is 6.08 Å². The first-order valence-corrected chi connectivity index (χ1v) is 14.2. The zero-order valence-corrected chi connectivity index (χ0v) is 24.9. The van der Waals surface area contributed by atoms with Crippen molar-refractivity contribution in [3.8, 4) is 0 Å². The molecule has 0 fully saturated rings. The minimum absolute atomic E-state index is 0.00792. The lowest BCUT2D eigenvalue weighted by molar-refractivity contribution is -0.141. The maximum Gasteiger partial charge on any atom is 0.303 e. The predicted molar refractivity (Wildman–Crippen MR) is 151 cm³/mol. The Balaban J connectivity index is 2.62. The molecule has 0 unspecified atom stereocenters. The standard InChI is InChI=1S/C30H49NO4S/c1-18(14-20(3)28(34)21(4)15-26-17-36-25(8)31-26)12-11-13-19(2)23(6)24(7)29(35)30(9,10)22(5)16-27(32)33/h14-15,17,19-20,22-24,28,34H,11-13,16H2,1-10H3,(H,32,33)/b18-14-,21-15+/t19-,20-,22-,23-,24+,28-/m0/s1. The number of carboxylic acids is 1. The molecule has 1 heterocycles. The second-order valence-electron chi connectivity index (χ2n) is 11.6. The van der Waals surface area contributed by atoms with Gasteiger partial charge in [-0.15, -0.1) is 11.3 Å². The number of carbonyl (C=O) groups is 2. The number of nitrogens with zero attached hydrogens (tertiary/aromatic N) is 1. The predicted octanol–water partition coefficient (Wildman–Crippen LogP) is 7.58. The van der Waals surface area contributed by atoms with Crippen molar-refractivity contribution < 1.29 is 19.8 Å². The van der Waals surface area contributed by atoms with Crippen LogP contribution in [0.1, 0.15) is 98.7 Å². The Morgan fingerprint density at radius 3 is 2.28 bits per heavy atom. The van der Waals surface area contributed by atoms with Crippen LogP contribution in [0.3, 0.4) is 0 Å². The van der Waals surface area contributed by atoms with Crippen molar-refractivity contribution in [2.24, 2.45) is 35.0 Å². The number of ketones is 1. The molecule has 0 aliphatic heterocycles. The van der Waals surface area contributed by atoms with E-state index in [9.17, 15) is 14.7 Å². The number of aliphatic hydroxyl groups is 1. The average molecular weight is 520 g/mol. The minimum Gasteiger partial charge on any atom is -0.481 e. The number of carboxylic acid groups (broad SMARTS) is 1. The Hall–Kier alpha value is -1.79. The topological polar surface area (TPSA) is 87.5 Å². The SMILES string of the molecule is C/C(=C/[C@H](C)[C@H](O)/C(C)=C/c1csc(C)n1)CCC[C@H](C)[C@H](C)[C@@H](C)C(=O)C(C)(C)[C@@H](C)CC(=O)O. The lowest BCUT2D eigenvalue weighted by atomic mass is 9.67. The summed E-state index contributed by atoms with van der Waals surface area (Å²) in [4.78, 5) is 28.8. The molecule has 0 saturated carbocycles. The molecule has 0 aliphatic carbocycles. The molecule has 0 amide bonds. The van der Waals surface area contributed by atoms with E-state index < -0.39 is 17.5 Å². The molecule has 1 aromatic rings. The van der Waals surface area contributed by atoms with E-state index in [-0.39, 0.29) is 35.9 Å². The largest absolute Gasteiger partial charge is 0.481 e. The zero-order chi connectivity index (χ0) is 27.8. The van der Waals surface area contributed by atoms with Crippen LogP contribution in [0.15, 0.2) is 22.6 Å². The van der Waals surface area contributed by atoms with Crippen LogP contribution in [-0.2, 0) is 9.59 Å². The highest BCUT2D eigenvalue weighted by atomic mass is 32.1. The normalized spacial score (nSPS) is 18.3.